The van der Waals surface area contributed by atoms with Gasteiger partial charge in [0.2, 0.25) is 0 Å². The molecule has 14 nitrogen and oxygen atoms in total. The van der Waals surface area contributed by atoms with Gasteiger partial charge in [0.25, 0.3) is 5.91 Å². The Morgan fingerprint density at radius 1 is 1.20 bits per heavy atom. The molecule has 0 saturated carbocycles. The van der Waals surface area contributed by atoms with E-state index < -0.39 is 72.4 Å². The van der Waals surface area contributed by atoms with Crippen LogP contribution in [0.25, 0.3) is 11.0 Å². The Morgan fingerprint density at radius 2 is 1.80 bits per heavy atom. The number of halogens is 1. The first kappa shape index (κ1) is 26.2. The van der Waals surface area contributed by atoms with E-state index in [1.54, 1.807) is 13.8 Å². The normalized spacial score (nSPS) is 21.9. The third kappa shape index (κ3) is 5.14. The average molecular weight is 558 g/mol. The molecule has 0 unspecified atom stereocenters. The van der Waals surface area contributed by atoms with E-state index in [0.717, 1.165) is 4.57 Å². The Hall–Kier alpha value is -3.46. The number of carbonyl (C=O) groups is 4. The smallest absolute Gasteiger partial charge is 0.353 e. The van der Waals surface area contributed by atoms with Crippen molar-refractivity contribution in [2.24, 2.45) is 23.5 Å². The minimum absolute atomic E-state index is 0.00567. The zero-order valence-electron chi connectivity index (χ0n) is 18.7. The fourth-order valence-corrected chi connectivity index (χ4v) is 4.80. The Morgan fingerprint density at radius 3 is 2.34 bits per heavy atom. The van der Waals surface area contributed by atoms with Crippen LogP contribution in [0.3, 0.4) is 0 Å². The van der Waals surface area contributed by atoms with Gasteiger partial charge in [-0.25, -0.2) is 4.79 Å². The molecule has 3 rings (SSSR count). The quantitative estimate of drug-likeness (QED) is 0.265. The first-order valence-electron chi connectivity index (χ1n) is 10.5. The van der Waals surface area contributed by atoms with Crippen LogP contribution in [-0.2, 0) is 23.9 Å². The first-order chi connectivity index (χ1) is 16.3. The maximum atomic E-state index is 12.9. The maximum Gasteiger partial charge on any atom is 0.353 e. The Bertz CT molecular complexity index is 1250. The second-order valence-electron chi connectivity index (χ2n) is 8.42. The van der Waals surface area contributed by atoms with Gasteiger partial charge >= 0.3 is 23.6 Å². The van der Waals surface area contributed by atoms with Gasteiger partial charge < -0.3 is 36.1 Å². The number of carboxylic acid groups (broad SMARTS) is 2. The molecule has 1 saturated heterocycles. The van der Waals surface area contributed by atoms with Gasteiger partial charge in [0.1, 0.15) is 24.3 Å². The summed E-state index contributed by atoms with van der Waals surface area (Å²) in [5, 5.41) is 19.0. The molecule has 1 aliphatic heterocycles. The average Bonchev–Trinajstić information content (AvgIpc) is 3.23. The third-order valence-corrected chi connectivity index (χ3v) is 6.34. The highest BCUT2D eigenvalue weighted by Crippen LogP contribution is 2.44. The fourth-order valence-electron chi connectivity index (χ4n) is 4.22. The van der Waals surface area contributed by atoms with Crippen LogP contribution >= 0.6 is 15.9 Å². The third-order valence-electron chi connectivity index (χ3n) is 5.74. The summed E-state index contributed by atoms with van der Waals surface area (Å²) < 4.78 is 12.3. The lowest BCUT2D eigenvalue weighted by Gasteiger charge is -2.23. The van der Waals surface area contributed by atoms with Crippen LogP contribution in [0.5, 0.6) is 0 Å². The predicted octanol–water partition coefficient (Wildman–Crippen LogP) is 0.447. The van der Waals surface area contributed by atoms with Gasteiger partial charge in [0.15, 0.2) is 0 Å². The summed E-state index contributed by atoms with van der Waals surface area (Å²) in [7, 11) is 0. The van der Waals surface area contributed by atoms with Gasteiger partial charge in [0.05, 0.1) is 40.4 Å². The highest BCUT2D eigenvalue weighted by molar-refractivity contribution is 9.10. The van der Waals surface area contributed by atoms with E-state index >= 15 is 0 Å². The van der Waals surface area contributed by atoms with Crippen molar-refractivity contribution < 1.29 is 38.9 Å². The number of aromatic nitrogens is 3. The second kappa shape index (κ2) is 10.0. The number of anilines is 1. The monoisotopic (exact) mass is 557 g/mol. The maximum absolute atomic E-state index is 12.9. The molecule has 1 fully saturated rings. The zero-order valence-corrected chi connectivity index (χ0v) is 20.3. The van der Waals surface area contributed by atoms with E-state index in [4.69, 9.17) is 20.9 Å². The van der Waals surface area contributed by atoms with E-state index in [-0.39, 0.29) is 33.6 Å². The molecule has 35 heavy (non-hydrogen) atoms. The van der Waals surface area contributed by atoms with Crippen LogP contribution in [0.4, 0.5) is 5.82 Å². The lowest BCUT2D eigenvalue weighted by molar-refractivity contribution is -0.153. The molecular formula is C20H24BrN5O9. The van der Waals surface area contributed by atoms with Crippen LogP contribution in [0.1, 0.15) is 43.3 Å². The number of nitrogens with one attached hydrogen (secondary N) is 1. The SMILES string of the molecule is CC(C)C(=O)OC[C@H]1O[C@H](n2c(=O)nc(N)c3c(C(N)=O)c(Br)[nH]c32)[C@H](CC(=O)O)[C@@H]1CC(=O)O. The molecule has 0 aromatic carbocycles. The summed E-state index contributed by atoms with van der Waals surface area (Å²) in [5.41, 5.74) is 10.3. The number of nitrogen functional groups attached to an aromatic ring is 1. The number of primary amides is 1. The number of carboxylic acids is 2. The van der Waals surface area contributed by atoms with Crippen molar-refractivity contribution in [3.05, 3.63) is 20.7 Å². The summed E-state index contributed by atoms with van der Waals surface area (Å²) >= 11 is 3.15. The molecule has 2 aromatic rings. The molecule has 0 bridgehead atoms. The number of amides is 1. The fraction of sp³-hybridized carbons (Fsp3) is 0.500. The van der Waals surface area contributed by atoms with E-state index in [1.165, 1.54) is 0 Å². The minimum atomic E-state index is -1.34. The Kier molecular flexibility index (Phi) is 7.50. The van der Waals surface area contributed by atoms with Crippen molar-refractivity contribution in [2.45, 2.75) is 39.0 Å². The lowest BCUT2D eigenvalue weighted by Crippen LogP contribution is -2.33. The number of nitrogens with zero attached hydrogens (tertiary/aromatic N) is 2. The van der Waals surface area contributed by atoms with Crippen LogP contribution in [0, 0.1) is 17.8 Å². The van der Waals surface area contributed by atoms with Crippen LogP contribution in [-0.4, -0.2) is 61.3 Å². The number of ether oxygens (including phenoxy) is 2. The Labute approximate surface area is 205 Å². The van der Waals surface area contributed by atoms with Crippen molar-refractivity contribution in [1.82, 2.24) is 14.5 Å². The number of carbonyl (C=O) groups excluding carboxylic acids is 2. The molecule has 7 N–H and O–H groups in total. The number of hydrogen-bond donors (Lipinski definition) is 5. The number of aliphatic carboxylic acids is 2. The number of hydrogen-bond acceptors (Lipinski definition) is 9. The van der Waals surface area contributed by atoms with Crippen LogP contribution in [0.2, 0.25) is 0 Å². The molecule has 0 radical (unpaired) electrons. The standard InChI is InChI=1S/C20H24BrN5O9/c1-6(2)19(32)34-5-9-7(3-10(27)28)8(4-11(29)30)18(35-9)26-17-13(15(22)25-20(26)33)12(16(23)31)14(21)24-17/h6-9,18,24H,3-5H2,1-2H3,(H2,23,31)(H,27,28)(H,29,30)(H2,22,25,33)/t7-,8+,9+,18-/m0/s1. The van der Waals surface area contributed by atoms with Gasteiger partial charge in [0, 0.05) is 11.8 Å². The second-order valence-corrected chi connectivity index (χ2v) is 9.22. The molecule has 2 aromatic heterocycles. The highest BCUT2D eigenvalue weighted by Gasteiger charge is 2.48. The molecule has 4 atom stereocenters. The summed E-state index contributed by atoms with van der Waals surface area (Å²) in [6.07, 6.45) is -3.47. The van der Waals surface area contributed by atoms with E-state index in [0.29, 0.717) is 0 Å². The number of H-pyrrole nitrogens is 1. The predicted molar refractivity (Wildman–Crippen MR) is 122 cm³/mol. The summed E-state index contributed by atoms with van der Waals surface area (Å²) in [6.45, 7) is 2.86. The van der Waals surface area contributed by atoms with Crippen molar-refractivity contribution in [3.63, 3.8) is 0 Å². The van der Waals surface area contributed by atoms with Gasteiger partial charge in [-0.3, -0.25) is 23.7 Å². The van der Waals surface area contributed by atoms with Crippen molar-refractivity contribution >= 4 is 56.6 Å². The number of nitrogens with two attached hydrogens (primary N) is 2. The van der Waals surface area contributed by atoms with Crippen LogP contribution < -0.4 is 17.2 Å². The van der Waals surface area contributed by atoms with Gasteiger partial charge in [-0.15, -0.1) is 0 Å². The van der Waals surface area contributed by atoms with E-state index in [2.05, 4.69) is 25.9 Å². The molecule has 190 valence electrons. The first-order valence-corrected chi connectivity index (χ1v) is 11.3. The molecular weight excluding hydrogens is 534 g/mol. The van der Waals surface area contributed by atoms with Crippen molar-refractivity contribution in [3.8, 4) is 0 Å². The molecule has 3 heterocycles. The number of aromatic amines is 1. The Balaban J connectivity index is 2.17. The van der Waals surface area contributed by atoms with Crippen molar-refractivity contribution in [1.29, 1.82) is 0 Å². The highest BCUT2D eigenvalue weighted by atomic mass is 79.9. The van der Waals surface area contributed by atoms with Gasteiger partial charge in [-0.05, 0) is 15.9 Å². The number of rotatable bonds is 9. The minimum Gasteiger partial charge on any atom is -0.481 e. The molecule has 15 heteroatoms. The largest absolute Gasteiger partial charge is 0.481 e. The molecule has 1 aliphatic rings. The number of esters is 1. The zero-order chi connectivity index (χ0) is 26.2. The van der Waals surface area contributed by atoms with E-state index in [1.807, 2.05) is 0 Å². The molecule has 0 aliphatic carbocycles. The summed E-state index contributed by atoms with van der Waals surface area (Å²) in [5.74, 6) is -6.69. The molecule has 1 amide bonds. The van der Waals surface area contributed by atoms with Gasteiger partial charge in [-0.1, -0.05) is 13.8 Å². The van der Waals surface area contributed by atoms with E-state index in [9.17, 15) is 34.2 Å². The number of fused-ring (bicyclic) bond motifs is 1. The van der Waals surface area contributed by atoms with Crippen LogP contribution in [0.15, 0.2) is 9.40 Å². The lowest BCUT2D eigenvalue weighted by atomic mass is 9.84. The summed E-state index contributed by atoms with van der Waals surface area (Å²) in [4.78, 5) is 66.7. The van der Waals surface area contributed by atoms with Gasteiger partial charge in [-0.2, -0.15) is 4.98 Å². The topological polar surface area (TPSA) is 230 Å². The summed E-state index contributed by atoms with van der Waals surface area (Å²) in [6, 6.07) is 0. The van der Waals surface area contributed by atoms with Crippen molar-refractivity contribution in [2.75, 3.05) is 12.3 Å². The molecule has 0 spiro atoms.